The number of thioether (sulfide) groups is 1. The van der Waals surface area contributed by atoms with E-state index < -0.39 is 0 Å². The maximum absolute atomic E-state index is 12.4. The highest BCUT2D eigenvalue weighted by Crippen LogP contribution is 2.43. The average molecular weight is 361 g/mol. The second-order valence-electron chi connectivity index (χ2n) is 5.83. The van der Waals surface area contributed by atoms with Crippen LogP contribution in [0.4, 0.5) is 0 Å². The number of carbonyl (C=O) groups is 1. The fourth-order valence-electron chi connectivity index (χ4n) is 3.09. The molecule has 0 spiro atoms. The lowest BCUT2D eigenvalue weighted by Gasteiger charge is -2.18. The summed E-state index contributed by atoms with van der Waals surface area (Å²) in [6.45, 7) is 0. The van der Waals surface area contributed by atoms with Gasteiger partial charge in [0, 0.05) is 21.8 Å². The third-order valence-electron chi connectivity index (χ3n) is 4.32. The van der Waals surface area contributed by atoms with E-state index in [2.05, 4.69) is 11.2 Å². The van der Waals surface area contributed by atoms with Crippen LogP contribution in [-0.2, 0) is 5.75 Å². The zero-order chi connectivity index (χ0) is 18.1. The number of hydrogen-bond acceptors (Lipinski definition) is 5. The van der Waals surface area contributed by atoms with Crippen LogP contribution in [0, 0.1) is 11.3 Å². The molecular formula is C20H15N3O2S. The minimum atomic E-state index is -0.240. The third kappa shape index (κ3) is 2.67. The van der Waals surface area contributed by atoms with E-state index in [-0.39, 0.29) is 12.2 Å². The van der Waals surface area contributed by atoms with Gasteiger partial charge in [0.2, 0.25) is 0 Å². The molecule has 1 aromatic heterocycles. The number of rotatable bonds is 4. The van der Waals surface area contributed by atoms with Gasteiger partial charge in [-0.25, -0.2) is 4.68 Å². The third-order valence-corrected chi connectivity index (χ3v) is 5.42. The van der Waals surface area contributed by atoms with E-state index in [1.54, 1.807) is 23.6 Å². The van der Waals surface area contributed by atoms with Gasteiger partial charge in [0.25, 0.3) is 0 Å². The van der Waals surface area contributed by atoms with Crippen LogP contribution in [0.3, 0.4) is 0 Å². The van der Waals surface area contributed by atoms with Gasteiger partial charge >= 0.3 is 0 Å². The Bertz CT molecular complexity index is 1030. The molecule has 3 aromatic rings. The molecule has 26 heavy (non-hydrogen) atoms. The van der Waals surface area contributed by atoms with Crippen LogP contribution in [0.15, 0.2) is 53.4 Å². The summed E-state index contributed by atoms with van der Waals surface area (Å²) in [4.78, 5) is 13.6. The van der Waals surface area contributed by atoms with Crippen molar-refractivity contribution in [3.05, 3.63) is 59.8 Å². The number of carbonyl (C=O) groups excluding carboxylic acids is 1. The lowest BCUT2D eigenvalue weighted by atomic mass is 10.0. The Morgan fingerprint density at radius 3 is 2.77 bits per heavy atom. The SMILES string of the molecule is COc1ccc(-n2nc(C(=O)CC#N)c3c2-c2ccccc2SC3)cc1. The Hall–Kier alpha value is -3.04. The Morgan fingerprint density at radius 2 is 2.04 bits per heavy atom. The number of ketones is 1. The standard InChI is InChI=1S/C20H15N3O2S/c1-25-14-8-6-13(7-9-14)23-20-15-4-2-3-5-18(15)26-12-16(20)19(22-23)17(24)10-11-21/h2-9H,10,12H2,1H3. The number of ether oxygens (including phenoxy) is 1. The van der Waals surface area contributed by atoms with Gasteiger partial charge in [0.05, 0.1) is 24.6 Å². The van der Waals surface area contributed by atoms with Crippen molar-refractivity contribution in [3.63, 3.8) is 0 Å². The van der Waals surface area contributed by atoms with Gasteiger partial charge in [-0.05, 0) is 30.3 Å². The number of Topliss-reactive ketones (excluding diaryl/α,β-unsaturated/α-hetero) is 1. The summed E-state index contributed by atoms with van der Waals surface area (Å²) in [5.41, 5.74) is 4.10. The summed E-state index contributed by atoms with van der Waals surface area (Å²) in [6, 6.07) is 17.6. The molecule has 128 valence electrons. The van der Waals surface area contributed by atoms with Crippen molar-refractivity contribution in [2.24, 2.45) is 0 Å². The van der Waals surface area contributed by atoms with E-state index in [1.165, 1.54) is 0 Å². The molecule has 0 atom stereocenters. The molecule has 0 aliphatic carbocycles. The molecule has 6 heteroatoms. The Morgan fingerprint density at radius 1 is 1.27 bits per heavy atom. The summed E-state index contributed by atoms with van der Waals surface area (Å²) in [6.07, 6.45) is -0.168. The first-order valence-corrected chi connectivity index (χ1v) is 9.10. The van der Waals surface area contributed by atoms with Crippen molar-refractivity contribution in [2.45, 2.75) is 17.1 Å². The minimum absolute atomic E-state index is 0.168. The van der Waals surface area contributed by atoms with Crippen LogP contribution < -0.4 is 4.74 Å². The summed E-state index contributed by atoms with van der Waals surface area (Å²) in [7, 11) is 1.62. The highest BCUT2D eigenvalue weighted by atomic mass is 32.2. The van der Waals surface area contributed by atoms with Crippen molar-refractivity contribution < 1.29 is 9.53 Å². The maximum Gasteiger partial charge on any atom is 0.197 e. The summed E-state index contributed by atoms with van der Waals surface area (Å²) >= 11 is 1.69. The van der Waals surface area contributed by atoms with Crippen LogP contribution in [0.25, 0.3) is 16.9 Å². The normalized spacial score (nSPS) is 12.0. The number of nitriles is 1. The largest absolute Gasteiger partial charge is 0.497 e. The summed E-state index contributed by atoms with van der Waals surface area (Å²) in [5.74, 6) is 1.18. The number of nitrogens with zero attached hydrogens (tertiary/aromatic N) is 3. The molecule has 0 saturated carbocycles. The zero-order valence-electron chi connectivity index (χ0n) is 14.1. The molecule has 0 unspecified atom stereocenters. The van der Waals surface area contributed by atoms with Gasteiger partial charge in [-0.1, -0.05) is 18.2 Å². The second kappa shape index (κ2) is 6.70. The van der Waals surface area contributed by atoms with Gasteiger partial charge in [-0.3, -0.25) is 4.79 Å². The molecule has 0 fully saturated rings. The van der Waals surface area contributed by atoms with Crippen LogP contribution >= 0.6 is 11.8 Å². The lowest BCUT2D eigenvalue weighted by molar-refractivity contribution is 0.0992. The molecule has 5 nitrogen and oxygen atoms in total. The minimum Gasteiger partial charge on any atom is -0.497 e. The average Bonchev–Trinajstić information content (AvgIpc) is 3.08. The van der Waals surface area contributed by atoms with Gasteiger partial charge in [0.1, 0.15) is 17.9 Å². The first kappa shape index (κ1) is 16.4. The van der Waals surface area contributed by atoms with Crippen molar-refractivity contribution in [1.82, 2.24) is 9.78 Å². The molecule has 0 saturated heterocycles. The fraction of sp³-hybridized carbons (Fsp3) is 0.150. The molecule has 2 heterocycles. The van der Waals surface area contributed by atoms with Crippen LogP contribution in [0.2, 0.25) is 0 Å². The fourth-order valence-corrected chi connectivity index (χ4v) is 4.16. The predicted molar refractivity (Wildman–Crippen MR) is 99.7 cm³/mol. The quantitative estimate of drug-likeness (QED) is 0.650. The Labute approximate surface area is 155 Å². The number of benzene rings is 2. The van der Waals surface area contributed by atoms with E-state index in [9.17, 15) is 4.79 Å². The summed E-state index contributed by atoms with van der Waals surface area (Å²) < 4.78 is 7.03. The van der Waals surface area contributed by atoms with E-state index in [0.29, 0.717) is 11.4 Å². The second-order valence-corrected chi connectivity index (χ2v) is 6.85. The van der Waals surface area contributed by atoms with E-state index in [1.807, 2.05) is 48.5 Å². The van der Waals surface area contributed by atoms with Crippen LogP contribution in [-0.4, -0.2) is 22.7 Å². The van der Waals surface area contributed by atoms with Crippen LogP contribution in [0.1, 0.15) is 22.5 Å². The highest BCUT2D eigenvalue weighted by Gasteiger charge is 2.28. The monoisotopic (exact) mass is 361 g/mol. The van der Waals surface area contributed by atoms with E-state index >= 15 is 0 Å². The molecule has 0 amide bonds. The van der Waals surface area contributed by atoms with Crippen molar-refractivity contribution in [2.75, 3.05) is 7.11 Å². The van der Waals surface area contributed by atoms with Crippen LogP contribution in [0.5, 0.6) is 5.75 Å². The number of fused-ring (bicyclic) bond motifs is 3. The number of methoxy groups -OCH3 is 1. The molecule has 1 aliphatic heterocycles. The maximum atomic E-state index is 12.4. The zero-order valence-corrected chi connectivity index (χ0v) is 14.9. The van der Waals surface area contributed by atoms with E-state index in [0.717, 1.165) is 33.2 Å². The summed E-state index contributed by atoms with van der Waals surface area (Å²) in [5, 5.41) is 13.5. The Kier molecular flexibility index (Phi) is 4.23. The smallest absolute Gasteiger partial charge is 0.197 e. The molecule has 0 N–H and O–H groups in total. The molecule has 4 rings (SSSR count). The van der Waals surface area contributed by atoms with Gasteiger partial charge in [-0.2, -0.15) is 10.4 Å². The lowest BCUT2D eigenvalue weighted by Crippen LogP contribution is -2.03. The topological polar surface area (TPSA) is 67.9 Å². The van der Waals surface area contributed by atoms with Crippen molar-refractivity contribution in [1.29, 1.82) is 5.26 Å². The number of hydrogen-bond donors (Lipinski definition) is 0. The highest BCUT2D eigenvalue weighted by molar-refractivity contribution is 7.98. The molecule has 0 radical (unpaired) electrons. The first-order chi connectivity index (χ1) is 12.7. The van der Waals surface area contributed by atoms with Crippen molar-refractivity contribution >= 4 is 17.5 Å². The van der Waals surface area contributed by atoms with Crippen molar-refractivity contribution in [3.8, 4) is 28.8 Å². The predicted octanol–water partition coefficient (Wildman–Crippen LogP) is 4.25. The van der Waals surface area contributed by atoms with Gasteiger partial charge in [0.15, 0.2) is 5.78 Å². The molecular weight excluding hydrogens is 346 g/mol. The Balaban J connectivity index is 1.94. The molecule has 2 aromatic carbocycles. The molecule has 1 aliphatic rings. The van der Waals surface area contributed by atoms with Gasteiger partial charge in [-0.15, -0.1) is 11.8 Å². The molecule has 0 bridgehead atoms. The van der Waals surface area contributed by atoms with E-state index in [4.69, 9.17) is 10.00 Å². The number of aromatic nitrogens is 2. The van der Waals surface area contributed by atoms with Gasteiger partial charge < -0.3 is 4.74 Å². The first-order valence-electron chi connectivity index (χ1n) is 8.11.